The van der Waals surface area contributed by atoms with Crippen molar-refractivity contribution < 1.29 is 0 Å². The van der Waals surface area contributed by atoms with Crippen LogP contribution in [0, 0.1) is 46.3 Å². The van der Waals surface area contributed by atoms with E-state index in [2.05, 4.69) is 39.8 Å². The molecule has 0 nitrogen and oxygen atoms in total. The van der Waals surface area contributed by atoms with E-state index >= 15 is 0 Å². The minimum absolute atomic E-state index is 0. The van der Waals surface area contributed by atoms with Crippen molar-refractivity contribution in [2.45, 2.75) is 48.0 Å². The highest BCUT2D eigenvalue weighted by molar-refractivity contribution is 5.25. The van der Waals surface area contributed by atoms with E-state index in [1.165, 1.54) is 12.8 Å². The molecule has 0 aromatic heterocycles. The molecular weight excluding hydrogens is 204 g/mol. The topological polar surface area (TPSA) is 0 Å². The molecule has 4 aliphatic rings. The predicted molar refractivity (Wildman–Crippen MR) is 73.6 cm³/mol. The van der Waals surface area contributed by atoms with Gasteiger partial charge in [-0.3, -0.25) is 0 Å². The number of allylic oxidation sites excluding steroid dienone is 2. The van der Waals surface area contributed by atoms with Crippen molar-refractivity contribution >= 4 is 0 Å². The summed E-state index contributed by atoms with van der Waals surface area (Å²) in [6.07, 6.45) is 8.13. The second kappa shape index (κ2) is 3.00. The van der Waals surface area contributed by atoms with Gasteiger partial charge in [-0.1, -0.05) is 47.3 Å². The lowest BCUT2D eigenvalue weighted by Crippen LogP contribution is -2.47. The van der Waals surface area contributed by atoms with E-state index in [0.717, 1.165) is 35.5 Å². The smallest absolute Gasteiger partial charge is 0.0194 e. The van der Waals surface area contributed by atoms with Gasteiger partial charge in [-0.25, -0.2) is 0 Å². The van der Waals surface area contributed by atoms with Crippen LogP contribution in [-0.4, -0.2) is 0 Å². The molecule has 0 heterocycles. The lowest BCUT2D eigenvalue weighted by atomic mass is 9.52. The van der Waals surface area contributed by atoms with Gasteiger partial charge in [-0.15, -0.1) is 0 Å². The molecule has 0 N–H and O–H groups in total. The molecule has 0 saturated heterocycles. The SMILES string of the molecule is C.CC1(C)C2CC(C3C4C=CC(C4)C32)C1(C)C. The summed E-state index contributed by atoms with van der Waals surface area (Å²) in [6.45, 7) is 10.2. The quantitative estimate of drug-likeness (QED) is 0.417. The second-order valence-electron chi connectivity index (χ2n) is 8.00. The van der Waals surface area contributed by atoms with E-state index in [9.17, 15) is 0 Å². The largest absolute Gasteiger partial charge is 0.0848 e. The molecule has 6 unspecified atom stereocenters. The molecular formula is C17H28. The molecule has 0 aromatic carbocycles. The molecule has 0 heteroatoms. The Bertz CT molecular complexity index is 339. The minimum atomic E-state index is 0. The van der Waals surface area contributed by atoms with E-state index in [-0.39, 0.29) is 7.43 Å². The van der Waals surface area contributed by atoms with Gasteiger partial charge in [-0.2, -0.15) is 0 Å². The van der Waals surface area contributed by atoms with E-state index in [0.29, 0.717) is 10.8 Å². The van der Waals surface area contributed by atoms with Crippen LogP contribution < -0.4 is 0 Å². The highest BCUT2D eigenvalue weighted by Gasteiger charge is 2.69. The highest BCUT2D eigenvalue weighted by atomic mass is 14.7. The van der Waals surface area contributed by atoms with Crippen LogP contribution in [0.2, 0.25) is 0 Å². The van der Waals surface area contributed by atoms with Crippen LogP contribution in [0.15, 0.2) is 12.2 Å². The number of fused-ring (bicyclic) bond motifs is 9. The molecule has 6 atom stereocenters. The van der Waals surface area contributed by atoms with Gasteiger partial charge in [0.25, 0.3) is 0 Å². The summed E-state index contributed by atoms with van der Waals surface area (Å²) < 4.78 is 0. The van der Waals surface area contributed by atoms with Gasteiger partial charge in [0.1, 0.15) is 0 Å². The third-order valence-electron chi connectivity index (χ3n) is 7.53. The summed E-state index contributed by atoms with van der Waals surface area (Å²) in [6, 6.07) is 0. The normalized spacial score (nSPS) is 54.8. The standard InChI is InChI=1S/C16H24.CH4/c1-15(2)11-8-12(16(15,3)4)14-10-6-5-9(7-10)13(11)14;/h5-6,9-14H,7-8H2,1-4H3;1H4. The Balaban J connectivity index is 0.000000902. The van der Waals surface area contributed by atoms with Crippen LogP contribution in [-0.2, 0) is 0 Å². The van der Waals surface area contributed by atoms with Crippen LogP contribution in [0.3, 0.4) is 0 Å². The zero-order chi connectivity index (χ0) is 11.3. The first-order chi connectivity index (χ1) is 7.44. The van der Waals surface area contributed by atoms with Crippen LogP contribution in [0.5, 0.6) is 0 Å². The van der Waals surface area contributed by atoms with Gasteiger partial charge in [0.15, 0.2) is 0 Å². The lowest BCUT2D eigenvalue weighted by molar-refractivity contribution is -0.0349. The molecule has 0 spiro atoms. The molecule has 4 bridgehead atoms. The van der Waals surface area contributed by atoms with Gasteiger partial charge < -0.3 is 0 Å². The van der Waals surface area contributed by atoms with Crippen LogP contribution in [0.1, 0.15) is 48.0 Å². The summed E-state index contributed by atoms with van der Waals surface area (Å²) >= 11 is 0. The molecule has 0 amide bonds. The molecule has 96 valence electrons. The fourth-order valence-electron chi connectivity index (χ4n) is 6.13. The third kappa shape index (κ3) is 1.03. The van der Waals surface area contributed by atoms with E-state index in [4.69, 9.17) is 0 Å². The molecule has 4 rings (SSSR count). The zero-order valence-electron chi connectivity index (χ0n) is 11.0. The first-order valence-electron chi connectivity index (χ1n) is 7.13. The number of hydrogen-bond donors (Lipinski definition) is 0. The molecule has 0 aromatic rings. The van der Waals surface area contributed by atoms with Gasteiger partial charge in [-0.05, 0) is 59.2 Å². The van der Waals surface area contributed by atoms with Crippen molar-refractivity contribution in [3.8, 4) is 0 Å². The molecule has 0 radical (unpaired) electrons. The molecule has 17 heavy (non-hydrogen) atoms. The van der Waals surface area contributed by atoms with Gasteiger partial charge in [0, 0.05) is 0 Å². The van der Waals surface area contributed by atoms with Gasteiger partial charge in [0.05, 0.1) is 0 Å². The molecule has 3 fully saturated rings. The van der Waals surface area contributed by atoms with Crippen molar-refractivity contribution in [1.29, 1.82) is 0 Å². The summed E-state index contributed by atoms with van der Waals surface area (Å²) in [7, 11) is 0. The maximum atomic E-state index is 2.55. The monoisotopic (exact) mass is 232 g/mol. The van der Waals surface area contributed by atoms with Crippen molar-refractivity contribution in [2.24, 2.45) is 46.3 Å². The summed E-state index contributed by atoms with van der Waals surface area (Å²) in [5.74, 6) is 6.06. The fraction of sp³-hybridized carbons (Fsp3) is 0.882. The first kappa shape index (κ1) is 11.8. The van der Waals surface area contributed by atoms with Crippen molar-refractivity contribution in [3.63, 3.8) is 0 Å². The van der Waals surface area contributed by atoms with E-state index in [1.807, 2.05) is 0 Å². The van der Waals surface area contributed by atoms with E-state index < -0.39 is 0 Å². The average Bonchev–Trinajstić information content (AvgIpc) is 2.89. The predicted octanol–water partition coefficient (Wildman–Crippen LogP) is 4.76. The Morgan fingerprint density at radius 3 is 1.59 bits per heavy atom. The first-order valence-corrected chi connectivity index (χ1v) is 7.13. The van der Waals surface area contributed by atoms with Crippen LogP contribution in [0.25, 0.3) is 0 Å². The summed E-state index contributed by atoms with van der Waals surface area (Å²) in [5, 5.41) is 0. The van der Waals surface area contributed by atoms with Crippen molar-refractivity contribution in [3.05, 3.63) is 12.2 Å². The van der Waals surface area contributed by atoms with Crippen molar-refractivity contribution in [2.75, 3.05) is 0 Å². The Hall–Kier alpha value is -0.260. The minimum Gasteiger partial charge on any atom is -0.0848 e. The lowest BCUT2D eigenvalue weighted by Gasteiger charge is -2.52. The molecule has 3 saturated carbocycles. The third-order valence-corrected chi connectivity index (χ3v) is 7.53. The Kier molecular flexibility index (Phi) is 2.09. The van der Waals surface area contributed by atoms with Crippen molar-refractivity contribution in [1.82, 2.24) is 0 Å². The number of hydrogen-bond acceptors (Lipinski definition) is 0. The Morgan fingerprint density at radius 1 is 0.765 bits per heavy atom. The highest BCUT2D eigenvalue weighted by Crippen LogP contribution is 2.75. The summed E-state index contributed by atoms with van der Waals surface area (Å²) in [5.41, 5.74) is 1.13. The number of rotatable bonds is 0. The van der Waals surface area contributed by atoms with Gasteiger partial charge in [0.2, 0.25) is 0 Å². The van der Waals surface area contributed by atoms with E-state index in [1.54, 1.807) is 0 Å². The molecule has 4 aliphatic carbocycles. The fourth-order valence-corrected chi connectivity index (χ4v) is 6.13. The maximum Gasteiger partial charge on any atom is -0.0194 e. The maximum absolute atomic E-state index is 2.55. The summed E-state index contributed by atoms with van der Waals surface area (Å²) in [4.78, 5) is 0. The Morgan fingerprint density at radius 2 is 1.18 bits per heavy atom. The van der Waals surface area contributed by atoms with Crippen LogP contribution in [0.4, 0.5) is 0 Å². The van der Waals surface area contributed by atoms with Gasteiger partial charge >= 0.3 is 0 Å². The zero-order valence-corrected chi connectivity index (χ0v) is 11.0. The van der Waals surface area contributed by atoms with Crippen LogP contribution >= 0.6 is 0 Å². The average molecular weight is 232 g/mol. The second-order valence-corrected chi connectivity index (χ2v) is 8.00. The Labute approximate surface area is 107 Å². The molecule has 0 aliphatic heterocycles.